The van der Waals surface area contributed by atoms with Crippen molar-refractivity contribution in [3.05, 3.63) is 107 Å². The van der Waals surface area contributed by atoms with Crippen LogP contribution in [0.25, 0.3) is 6.08 Å². The predicted octanol–water partition coefficient (Wildman–Crippen LogP) is 4.84. The fraction of sp³-hybridized carbons (Fsp3) is 0.148. The van der Waals surface area contributed by atoms with E-state index >= 15 is 0 Å². The van der Waals surface area contributed by atoms with Crippen LogP contribution >= 0.6 is 0 Å². The van der Waals surface area contributed by atoms with Gasteiger partial charge in [0.25, 0.3) is 11.8 Å². The van der Waals surface area contributed by atoms with Gasteiger partial charge in [-0.05, 0) is 53.5 Å². The highest BCUT2D eigenvalue weighted by atomic mass is 16.2. The molecule has 0 radical (unpaired) electrons. The van der Waals surface area contributed by atoms with E-state index in [-0.39, 0.29) is 30.7 Å². The van der Waals surface area contributed by atoms with Crippen LogP contribution in [0.3, 0.4) is 0 Å². The Morgan fingerprint density at radius 3 is 2.47 bits per heavy atom. The van der Waals surface area contributed by atoms with Gasteiger partial charge in [0, 0.05) is 16.8 Å². The number of imide groups is 1. The Labute approximate surface area is 187 Å². The van der Waals surface area contributed by atoms with Crippen molar-refractivity contribution in [2.75, 3.05) is 5.32 Å². The zero-order chi connectivity index (χ0) is 22.5. The number of aryl methyl sites for hydroxylation is 1. The molecular weight excluding hydrogens is 400 g/mol. The van der Waals surface area contributed by atoms with Gasteiger partial charge in [-0.2, -0.15) is 0 Å². The molecule has 3 aromatic rings. The first-order valence-corrected chi connectivity index (χ1v) is 10.6. The Kier molecular flexibility index (Phi) is 6.26. The standard InChI is InChI=1S/C27H24N2O3/c1-2-19-10-7-13-24(16-19)28-26(31)22-12-6-11-21(14-22)15-23-17-25(30)29(27(23)32)18-20-8-4-3-5-9-20/h3-16H,2,17-18H2,1H3,(H,28,31)/b23-15+. The molecule has 0 bridgehead atoms. The first kappa shape index (κ1) is 21.2. The van der Waals surface area contributed by atoms with Gasteiger partial charge in [0.2, 0.25) is 5.91 Å². The molecule has 1 aliphatic rings. The van der Waals surface area contributed by atoms with Gasteiger partial charge >= 0.3 is 0 Å². The summed E-state index contributed by atoms with van der Waals surface area (Å²) in [5.74, 6) is -0.724. The summed E-state index contributed by atoms with van der Waals surface area (Å²) in [5.41, 5.74) is 4.41. The Hall–Kier alpha value is -3.99. The molecule has 1 heterocycles. The van der Waals surface area contributed by atoms with Crippen molar-refractivity contribution in [1.29, 1.82) is 0 Å². The van der Waals surface area contributed by atoms with Crippen molar-refractivity contribution in [2.45, 2.75) is 26.3 Å². The van der Waals surface area contributed by atoms with Gasteiger partial charge in [-0.1, -0.05) is 61.5 Å². The maximum absolute atomic E-state index is 12.8. The van der Waals surface area contributed by atoms with Gasteiger partial charge in [-0.15, -0.1) is 0 Å². The minimum absolute atomic E-state index is 0.0614. The Bertz CT molecular complexity index is 1200. The van der Waals surface area contributed by atoms with Crippen LogP contribution in [0.15, 0.2) is 84.4 Å². The third-order valence-electron chi connectivity index (χ3n) is 5.43. The average Bonchev–Trinajstić information content (AvgIpc) is 3.07. The minimum Gasteiger partial charge on any atom is -0.322 e. The molecule has 1 N–H and O–H groups in total. The van der Waals surface area contributed by atoms with Crippen LogP contribution in [0, 0.1) is 0 Å². The van der Waals surface area contributed by atoms with E-state index in [0.29, 0.717) is 16.7 Å². The molecule has 4 rings (SSSR count). The van der Waals surface area contributed by atoms with Gasteiger partial charge in [0.1, 0.15) is 0 Å². The second-order valence-electron chi connectivity index (χ2n) is 7.75. The topological polar surface area (TPSA) is 66.5 Å². The third kappa shape index (κ3) is 4.83. The van der Waals surface area contributed by atoms with Crippen LogP contribution in [0.4, 0.5) is 5.69 Å². The number of amides is 3. The minimum atomic E-state index is -0.287. The summed E-state index contributed by atoms with van der Waals surface area (Å²) >= 11 is 0. The summed E-state index contributed by atoms with van der Waals surface area (Å²) in [6.45, 7) is 2.32. The molecule has 5 nitrogen and oxygen atoms in total. The number of rotatable bonds is 6. The first-order valence-electron chi connectivity index (χ1n) is 10.6. The Morgan fingerprint density at radius 1 is 0.938 bits per heavy atom. The maximum atomic E-state index is 12.8. The summed E-state index contributed by atoms with van der Waals surface area (Å²) in [6.07, 6.45) is 2.65. The van der Waals surface area contributed by atoms with Crippen molar-refractivity contribution in [2.24, 2.45) is 0 Å². The molecule has 1 aliphatic heterocycles. The van der Waals surface area contributed by atoms with E-state index in [9.17, 15) is 14.4 Å². The lowest BCUT2D eigenvalue weighted by atomic mass is 10.1. The van der Waals surface area contributed by atoms with Crippen molar-refractivity contribution < 1.29 is 14.4 Å². The Balaban J connectivity index is 1.50. The monoisotopic (exact) mass is 424 g/mol. The van der Waals surface area contributed by atoms with Crippen molar-refractivity contribution in [3.63, 3.8) is 0 Å². The number of benzene rings is 3. The number of hydrogen-bond donors (Lipinski definition) is 1. The summed E-state index contributed by atoms with van der Waals surface area (Å²) < 4.78 is 0. The molecule has 0 atom stereocenters. The van der Waals surface area contributed by atoms with Gasteiger partial charge in [0.05, 0.1) is 13.0 Å². The lowest BCUT2D eigenvalue weighted by Gasteiger charge is -2.13. The number of carbonyl (C=O) groups is 3. The molecule has 0 aliphatic carbocycles. The molecular formula is C27H24N2O3. The molecule has 1 saturated heterocycles. The van der Waals surface area contributed by atoms with E-state index in [4.69, 9.17) is 0 Å². The second kappa shape index (κ2) is 9.43. The summed E-state index contributed by atoms with van der Waals surface area (Å²) in [6, 6.07) is 24.2. The highest BCUT2D eigenvalue weighted by molar-refractivity contribution is 6.15. The summed E-state index contributed by atoms with van der Waals surface area (Å²) in [5, 5.41) is 2.92. The van der Waals surface area contributed by atoms with E-state index in [1.807, 2.05) is 60.7 Å². The fourth-order valence-electron chi connectivity index (χ4n) is 3.70. The van der Waals surface area contributed by atoms with Gasteiger partial charge in [-0.3, -0.25) is 19.3 Å². The lowest BCUT2D eigenvalue weighted by molar-refractivity contribution is -0.138. The number of hydrogen-bond acceptors (Lipinski definition) is 3. The molecule has 0 spiro atoms. The number of likely N-dealkylation sites (tertiary alicyclic amines) is 1. The van der Waals surface area contributed by atoms with Crippen LogP contribution in [0.1, 0.15) is 40.4 Å². The molecule has 3 aromatic carbocycles. The number of carbonyl (C=O) groups excluding carboxylic acids is 3. The van der Waals surface area contributed by atoms with E-state index < -0.39 is 0 Å². The lowest BCUT2D eigenvalue weighted by Crippen LogP contribution is -2.28. The Morgan fingerprint density at radius 2 is 1.69 bits per heavy atom. The summed E-state index contributed by atoms with van der Waals surface area (Å²) in [7, 11) is 0. The van der Waals surface area contributed by atoms with Crippen LogP contribution in [-0.4, -0.2) is 22.6 Å². The largest absolute Gasteiger partial charge is 0.322 e. The van der Waals surface area contributed by atoms with E-state index in [1.165, 1.54) is 4.90 Å². The normalized spacial score (nSPS) is 14.8. The van der Waals surface area contributed by atoms with E-state index in [0.717, 1.165) is 23.2 Å². The van der Waals surface area contributed by atoms with Crippen LogP contribution in [-0.2, 0) is 22.6 Å². The zero-order valence-electron chi connectivity index (χ0n) is 17.9. The SMILES string of the molecule is CCc1cccc(NC(=O)c2cccc(/C=C3\CC(=O)N(Cc4ccccc4)C3=O)c2)c1. The van der Waals surface area contributed by atoms with Crippen LogP contribution in [0.2, 0.25) is 0 Å². The first-order chi connectivity index (χ1) is 15.5. The predicted molar refractivity (Wildman–Crippen MR) is 125 cm³/mol. The van der Waals surface area contributed by atoms with E-state index in [1.54, 1.807) is 24.3 Å². The highest BCUT2D eigenvalue weighted by Crippen LogP contribution is 2.24. The number of nitrogens with zero attached hydrogens (tertiary/aromatic N) is 1. The van der Waals surface area contributed by atoms with Crippen LogP contribution in [0.5, 0.6) is 0 Å². The molecule has 160 valence electrons. The maximum Gasteiger partial charge on any atom is 0.257 e. The third-order valence-corrected chi connectivity index (χ3v) is 5.43. The molecule has 0 saturated carbocycles. The molecule has 0 aromatic heterocycles. The zero-order valence-corrected chi connectivity index (χ0v) is 17.9. The number of anilines is 1. The van der Waals surface area contributed by atoms with Crippen LogP contribution < -0.4 is 5.32 Å². The van der Waals surface area contributed by atoms with Crippen molar-refractivity contribution in [1.82, 2.24) is 4.90 Å². The van der Waals surface area contributed by atoms with Gasteiger partial charge in [0.15, 0.2) is 0 Å². The smallest absolute Gasteiger partial charge is 0.257 e. The molecule has 3 amide bonds. The summed E-state index contributed by atoms with van der Waals surface area (Å²) in [4.78, 5) is 39.2. The quantitative estimate of drug-likeness (QED) is 0.455. The van der Waals surface area contributed by atoms with E-state index in [2.05, 4.69) is 12.2 Å². The molecule has 1 fully saturated rings. The van der Waals surface area contributed by atoms with Crippen molar-refractivity contribution >= 4 is 29.5 Å². The van der Waals surface area contributed by atoms with Gasteiger partial charge < -0.3 is 5.32 Å². The van der Waals surface area contributed by atoms with Gasteiger partial charge in [-0.25, -0.2) is 0 Å². The average molecular weight is 425 g/mol. The highest BCUT2D eigenvalue weighted by Gasteiger charge is 2.33. The fourth-order valence-corrected chi connectivity index (χ4v) is 3.70. The molecule has 0 unspecified atom stereocenters. The molecule has 32 heavy (non-hydrogen) atoms. The molecule has 5 heteroatoms. The van der Waals surface area contributed by atoms with Crippen molar-refractivity contribution in [3.8, 4) is 0 Å². The second-order valence-corrected chi connectivity index (χ2v) is 7.75. The number of nitrogens with one attached hydrogen (secondary N) is 1.